The standard InChI is InChI=1S/C9H19NO4S/c1-10(8(6-12)2-4-11)9-3-5-15(13,14)7-9/h8-9,11-12H,2-7H2,1H3. The first-order chi connectivity index (χ1) is 7.00. The number of rotatable bonds is 5. The van der Waals surface area contributed by atoms with Crippen LogP contribution in [0.1, 0.15) is 12.8 Å². The Morgan fingerprint density at radius 3 is 2.53 bits per heavy atom. The first-order valence-corrected chi connectivity index (χ1v) is 6.96. The molecule has 0 saturated carbocycles. The molecule has 0 amide bonds. The van der Waals surface area contributed by atoms with Crippen LogP contribution in [0.4, 0.5) is 0 Å². The van der Waals surface area contributed by atoms with E-state index in [0.717, 1.165) is 0 Å². The first kappa shape index (κ1) is 12.9. The minimum absolute atomic E-state index is 0.00896. The molecule has 1 aliphatic heterocycles. The van der Waals surface area contributed by atoms with E-state index in [0.29, 0.717) is 12.8 Å². The van der Waals surface area contributed by atoms with Gasteiger partial charge in [0, 0.05) is 18.7 Å². The molecule has 15 heavy (non-hydrogen) atoms. The highest BCUT2D eigenvalue weighted by molar-refractivity contribution is 7.91. The van der Waals surface area contributed by atoms with Crippen molar-refractivity contribution < 1.29 is 18.6 Å². The van der Waals surface area contributed by atoms with Gasteiger partial charge < -0.3 is 10.2 Å². The monoisotopic (exact) mass is 237 g/mol. The maximum Gasteiger partial charge on any atom is 0.151 e. The molecule has 0 aromatic rings. The molecule has 0 aliphatic carbocycles. The summed E-state index contributed by atoms with van der Waals surface area (Å²) in [5.74, 6) is 0.407. The number of nitrogens with zero attached hydrogens (tertiary/aromatic N) is 1. The van der Waals surface area contributed by atoms with Gasteiger partial charge >= 0.3 is 0 Å². The molecule has 90 valence electrons. The number of sulfone groups is 1. The van der Waals surface area contributed by atoms with Crippen LogP contribution in [-0.2, 0) is 9.84 Å². The van der Waals surface area contributed by atoms with Gasteiger partial charge in [-0.1, -0.05) is 0 Å². The lowest BCUT2D eigenvalue weighted by atomic mass is 10.1. The van der Waals surface area contributed by atoms with E-state index in [1.54, 1.807) is 0 Å². The van der Waals surface area contributed by atoms with Crippen LogP contribution in [0.2, 0.25) is 0 Å². The van der Waals surface area contributed by atoms with E-state index in [9.17, 15) is 8.42 Å². The van der Waals surface area contributed by atoms with Crippen LogP contribution in [0, 0.1) is 0 Å². The molecule has 1 heterocycles. The van der Waals surface area contributed by atoms with Crippen LogP contribution in [0.15, 0.2) is 0 Å². The molecule has 0 bridgehead atoms. The van der Waals surface area contributed by atoms with Crippen LogP contribution < -0.4 is 0 Å². The predicted octanol–water partition coefficient (Wildman–Crippen LogP) is -1.15. The van der Waals surface area contributed by atoms with Crippen molar-refractivity contribution >= 4 is 9.84 Å². The van der Waals surface area contributed by atoms with Gasteiger partial charge in [-0.25, -0.2) is 8.42 Å². The Morgan fingerprint density at radius 1 is 1.47 bits per heavy atom. The van der Waals surface area contributed by atoms with E-state index in [-0.39, 0.29) is 36.8 Å². The van der Waals surface area contributed by atoms with E-state index in [4.69, 9.17) is 10.2 Å². The molecule has 5 nitrogen and oxygen atoms in total. The quantitative estimate of drug-likeness (QED) is 0.631. The second-order valence-electron chi connectivity index (χ2n) is 4.07. The third kappa shape index (κ3) is 3.41. The minimum Gasteiger partial charge on any atom is -0.396 e. The summed E-state index contributed by atoms with van der Waals surface area (Å²) in [6.07, 6.45) is 1.10. The van der Waals surface area contributed by atoms with Gasteiger partial charge in [0.15, 0.2) is 9.84 Å². The molecule has 0 aromatic carbocycles. The average molecular weight is 237 g/mol. The van der Waals surface area contributed by atoms with Gasteiger partial charge in [0.05, 0.1) is 18.1 Å². The lowest BCUT2D eigenvalue weighted by Crippen LogP contribution is -2.43. The van der Waals surface area contributed by atoms with Gasteiger partial charge in [-0.05, 0) is 19.9 Å². The summed E-state index contributed by atoms with van der Waals surface area (Å²) in [5.41, 5.74) is 0. The third-order valence-electron chi connectivity index (χ3n) is 3.03. The summed E-state index contributed by atoms with van der Waals surface area (Å²) in [4.78, 5) is 1.88. The Balaban J connectivity index is 2.56. The van der Waals surface area contributed by atoms with Gasteiger partial charge in [-0.3, -0.25) is 4.90 Å². The van der Waals surface area contributed by atoms with E-state index < -0.39 is 9.84 Å². The second-order valence-corrected chi connectivity index (χ2v) is 6.30. The molecule has 1 fully saturated rings. The molecule has 0 aromatic heterocycles. The van der Waals surface area contributed by atoms with E-state index in [2.05, 4.69) is 0 Å². The normalized spacial score (nSPS) is 27.1. The van der Waals surface area contributed by atoms with Gasteiger partial charge in [-0.15, -0.1) is 0 Å². The summed E-state index contributed by atoms with van der Waals surface area (Å²) < 4.78 is 22.6. The zero-order valence-electron chi connectivity index (χ0n) is 8.96. The molecular weight excluding hydrogens is 218 g/mol. The number of hydrogen-bond donors (Lipinski definition) is 2. The molecule has 2 unspecified atom stereocenters. The van der Waals surface area contributed by atoms with Crippen LogP contribution in [0.5, 0.6) is 0 Å². The molecule has 2 atom stereocenters. The molecular formula is C9H19NO4S. The summed E-state index contributed by atoms with van der Waals surface area (Å²) in [5, 5.41) is 17.9. The molecule has 6 heteroatoms. The van der Waals surface area contributed by atoms with Crippen molar-refractivity contribution in [1.29, 1.82) is 0 Å². The van der Waals surface area contributed by atoms with Gasteiger partial charge in [0.1, 0.15) is 0 Å². The first-order valence-electron chi connectivity index (χ1n) is 5.14. The number of aliphatic hydroxyl groups excluding tert-OH is 2. The fourth-order valence-electron chi connectivity index (χ4n) is 1.97. The SMILES string of the molecule is CN(C(CO)CCO)C1CCS(=O)(=O)C1. The van der Waals surface area contributed by atoms with Crippen molar-refractivity contribution in [3.8, 4) is 0 Å². The van der Waals surface area contributed by atoms with E-state index in [1.165, 1.54) is 0 Å². The fourth-order valence-corrected chi connectivity index (χ4v) is 3.75. The van der Waals surface area contributed by atoms with Crippen molar-refractivity contribution in [2.45, 2.75) is 24.9 Å². The Morgan fingerprint density at radius 2 is 2.13 bits per heavy atom. The van der Waals surface area contributed by atoms with Crippen molar-refractivity contribution in [2.75, 3.05) is 31.8 Å². The largest absolute Gasteiger partial charge is 0.396 e. The highest BCUT2D eigenvalue weighted by atomic mass is 32.2. The Kier molecular flexibility index (Phi) is 4.51. The number of aliphatic hydroxyl groups is 2. The van der Waals surface area contributed by atoms with Crippen LogP contribution in [-0.4, -0.2) is 67.4 Å². The predicted molar refractivity (Wildman–Crippen MR) is 57.4 cm³/mol. The van der Waals surface area contributed by atoms with Crippen LogP contribution >= 0.6 is 0 Å². The third-order valence-corrected chi connectivity index (χ3v) is 4.78. The van der Waals surface area contributed by atoms with Gasteiger partial charge in [0.25, 0.3) is 0 Å². The fraction of sp³-hybridized carbons (Fsp3) is 1.00. The molecule has 1 saturated heterocycles. The highest BCUT2D eigenvalue weighted by Gasteiger charge is 2.33. The number of likely N-dealkylation sites (N-methyl/N-ethyl adjacent to an activating group) is 1. The molecule has 1 aliphatic rings. The van der Waals surface area contributed by atoms with Crippen molar-refractivity contribution in [2.24, 2.45) is 0 Å². The zero-order valence-corrected chi connectivity index (χ0v) is 9.78. The molecule has 2 N–H and O–H groups in total. The van der Waals surface area contributed by atoms with E-state index in [1.807, 2.05) is 11.9 Å². The lowest BCUT2D eigenvalue weighted by Gasteiger charge is -2.30. The highest BCUT2D eigenvalue weighted by Crippen LogP contribution is 2.19. The number of hydrogen-bond acceptors (Lipinski definition) is 5. The van der Waals surface area contributed by atoms with Crippen molar-refractivity contribution in [3.05, 3.63) is 0 Å². The maximum absolute atomic E-state index is 11.3. The summed E-state index contributed by atoms with van der Waals surface area (Å²) in [6, 6.07) is -0.160. The van der Waals surface area contributed by atoms with E-state index >= 15 is 0 Å². The van der Waals surface area contributed by atoms with Crippen LogP contribution in [0.3, 0.4) is 0 Å². The zero-order chi connectivity index (χ0) is 11.5. The maximum atomic E-state index is 11.3. The van der Waals surface area contributed by atoms with Crippen molar-refractivity contribution in [3.63, 3.8) is 0 Å². The Hall–Kier alpha value is -0.170. The average Bonchev–Trinajstić information content (AvgIpc) is 2.54. The summed E-state index contributed by atoms with van der Waals surface area (Å²) in [6.45, 7) is -0.0390. The Bertz CT molecular complexity index is 290. The minimum atomic E-state index is -2.88. The summed E-state index contributed by atoms with van der Waals surface area (Å²) in [7, 11) is -1.08. The topological polar surface area (TPSA) is 77.8 Å². The molecule has 0 radical (unpaired) electrons. The molecule has 0 spiro atoms. The van der Waals surface area contributed by atoms with Crippen molar-refractivity contribution in [1.82, 2.24) is 4.90 Å². The second kappa shape index (κ2) is 5.25. The summed E-state index contributed by atoms with van der Waals surface area (Å²) >= 11 is 0. The van der Waals surface area contributed by atoms with Crippen LogP contribution in [0.25, 0.3) is 0 Å². The Labute approximate surface area is 90.6 Å². The molecule has 1 rings (SSSR count). The van der Waals surface area contributed by atoms with Gasteiger partial charge in [-0.2, -0.15) is 0 Å². The lowest BCUT2D eigenvalue weighted by molar-refractivity contribution is 0.0950. The smallest absolute Gasteiger partial charge is 0.151 e. The van der Waals surface area contributed by atoms with Gasteiger partial charge in [0.2, 0.25) is 0 Å².